The molecule has 27 heavy (non-hydrogen) atoms. The zero-order chi connectivity index (χ0) is 18.7. The molecule has 0 spiro atoms. The average Bonchev–Trinajstić information content (AvgIpc) is 2.64. The van der Waals surface area contributed by atoms with Gasteiger partial charge in [0, 0.05) is 31.2 Å². The molecule has 2 fully saturated rings. The van der Waals surface area contributed by atoms with Crippen LogP contribution in [0.3, 0.4) is 0 Å². The lowest BCUT2D eigenvalue weighted by Gasteiger charge is -2.30. The van der Waals surface area contributed by atoms with Crippen molar-refractivity contribution in [2.24, 2.45) is 11.8 Å². The molecule has 1 amide bonds. The Morgan fingerprint density at radius 1 is 1.11 bits per heavy atom. The van der Waals surface area contributed by atoms with Crippen LogP contribution in [0.2, 0.25) is 0 Å². The van der Waals surface area contributed by atoms with Crippen LogP contribution in [0.5, 0.6) is 0 Å². The summed E-state index contributed by atoms with van der Waals surface area (Å²) in [5.74, 6) is 0.854. The van der Waals surface area contributed by atoms with E-state index in [1.807, 2.05) is 0 Å². The zero-order valence-electron chi connectivity index (χ0n) is 16.0. The molecule has 2 N–H and O–H groups in total. The van der Waals surface area contributed by atoms with Crippen LogP contribution in [0.15, 0.2) is 29.2 Å². The van der Waals surface area contributed by atoms with E-state index in [4.69, 9.17) is 0 Å². The third-order valence-electron chi connectivity index (χ3n) is 5.64. The number of carbonyl (C=O) groups is 1. The molecule has 3 rings (SSSR count). The van der Waals surface area contributed by atoms with Crippen molar-refractivity contribution in [3.05, 3.63) is 29.8 Å². The fourth-order valence-corrected chi connectivity index (χ4v) is 5.06. The minimum absolute atomic E-state index is 0. The number of nitrogens with one attached hydrogen (secondary N) is 2. The minimum atomic E-state index is -3.47. The molecule has 2 heterocycles. The van der Waals surface area contributed by atoms with Gasteiger partial charge in [0.1, 0.15) is 0 Å². The topological polar surface area (TPSA) is 78.5 Å². The molecule has 0 aromatic heterocycles. The van der Waals surface area contributed by atoms with Gasteiger partial charge in [0.2, 0.25) is 10.0 Å². The summed E-state index contributed by atoms with van der Waals surface area (Å²) in [4.78, 5) is 12.7. The summed E-state index contributed by atoms with van der Waals surface area (Å²) in [6, 6.07) is 6.41. The standard InChI is InChI=1S/C19H29N3O3S.ClH/c1-14-8-11-22(12-9-14)26(24,25)17-5-3-16(4-6-17)19(23)21-18-13-20-10-7-15(18)2;/h3-6,14-15,18,20H,7-13H2,1-2H3,(H,21,23);1H. The Kier molecular flexibility index (Phi) is 7.68. The molecular weight excluding hydrogens is 386 g/mol. The van der Waals surface area contributed by atoms with E-state index in [9.17, 15) is 13.2 Å². The van der Waals surface area contributed by atoms with E-state index in [1.165, 1.54) is 0 Å². The Hall–Kier alpha value is -1.15. The van der Waals surface area contributed by atoms with Crippen molar-refractivity contribution in [2.75, 3.05) is 26.2 Å². The highest BCUT2D eigenvalue weighted by molar-refractivity contribution is 7.89. The van der Waals surface area contributed by atoms with E-state index in [0.29, 0.717) is 30.5 Å². The Morgan fingerprint density at radius 3 is 2.33 bits per heavy atom. The Bertz CT molecular complexity index is 731. The quantitative estimate of drug-likeness (QED) is 0.790. The maximum absolute atomic E-state index is 12.8. The fraction of sp³-hybridized carbons (Fsp3) is 0.632. The molecule has 0 bridgehead atoms. The highest BCUT2D eigenvalue weighted by Gasteiger charge is 2.28. The van der Waals surface area contributed by atoms with E-state index < -0.39 is 10.0 Å². The smallest absolute Gasteiger partial charge is 0.251 e. The monoisotopic (exact) mass is 415 g/mol. The summed E-state index contributed by atoms with van der Waals surface area (Å²) in [6.45, 7) is 7.18. The van der Waals surface area contributed by atoms with Gasteiger partial charge in [-0.3, -0.25) is 4.79 Å². The van der Waals surface area contributed by atoms with Crippen LogP contribution < -0.4 is 10.6 Å². The Balaban J connectivity index is 0.00000261. The van der Waals surface area contributed by atoms with Crippen LogP contribution in [0.25, 0.3) is 0 Å². The number of piperidine rings is 2. The largest absolute Gasteiger partial charge is 0.348 e. The lowest BCUT2D eigenvalue weighted by Crippen LogP contribution is -2.50. The van der Waals surface area contributed by atoms with Crippen molar-refractivity contribution in [2.45, 2.75) is 44.0 Å². The number of hydrogen-bond donors (Lipinski definition) is 2. The molecule has 0 saturated carbocycles. The van der Waals surface area contributed by atoms with Crippen LogP contribution in [0, 0.1) is 11.8 Å². The van der Waals surface area contributed by atoms with Gasteiger partial charge < -0.3 is 10.6 Å². The normalized spacial score (nSPS) is 24.8. The van der Waals surface area contributed by atoms with E-state index >= 15 is 0 Å². The number of sulfonamides is 1. The molecule has 2 saturated heterocycles. The first-order chi connectivity index (χ1) is 12.4. The molecule has 2 atom stereocenters. The van der Waals surface area contributed by atoms with Gasteiger partial charge in [-0.15, -0.1) is 12.4 Å². The SMILES string of the molecule is CC1CCN(S(=O)(=O)c2ccc(C(=O)NC3CNCCC3C)cc2)CC1.Cl. The summed E-state index contributed by atoms with van der Waals surface area (Å²) in [5.41, 5.74) is 0.494. The van der Waals surface area contributed by atoms with E-state index in [2.05, 4.69) is 24.5 Å². The molecule has 2 unspecified atom stereocenters. The summed E-state index contributed by atoms with van der Waals surface area (Å²) < 4.78 is 27.1. The molecule has 1 aromatic carbocycles. The second-order valence-electron chi connectivity index (χ2n) is 7.66. The van der Waals surface area contributed by atoms with Crippen molar-refractivity contribution in [1.29, 1.82) is 0 Å². The van der Waals surface area contributed by atoms with Gasteiger partial charge in [0.15, 0.2) is 0 Å². The maximum atomic E-state index is 12.8. The number of amides is 1. The Labute approximate surface area is 168 Å². The first-order valence-electron chi connectivity index (χ1n) is 9.49. The summed E-state index contributed by atoms with van der Waals surface area (Å²) in [7, 11) is -3.47. The van der Waals surface area contributed by atoms with Gasteiger partial charge in [-0.05, 0) is 61.9 Å². The third-order valence-corrected chi connectivity index (χ3v) is 7.55. The lowest BCUT2D eigenvalue weighted by molar-refractivity contribution is 0.0915. The summed E-state index contributed by atoms with van der Waals surface area (Å²) >= 11 is 0. The molecule has 152 valence electrons. The number of rotatable bonds is 4. The van der Waals surface area contributed by atoms with Crippen molar-refractivity contribution in [1.82, 2.24) is 14.9 Å². The summed E-state index contributed by atoms with van der Waals surface area (Å²) in [5, 5.41) is 6.34. The molecule has 8 heteroatoms. The van der Waals surface area contributed by atoms with Crippen molar-refractivity contribution in [3.63, 3.8) is 0 Å². The van der Waals surface area contributed by atoms with Crippen molar-refractivity contribution in [3.8, 4) is 0 Å². The minimum Gasteiger partial charge on any atom is -0.348 e. The number of benzene rings is 1. The van der Waals surface area contributed by atoms with Crippen molar-refractivity contribution >= 4 is 28.3 Å². The van der Waals surface area contributed by atoms with Gasteiger partial charge in [0.25, 0.3) is 5.91 Å². The van der Waals surface area contributed by atoms with Crippen LogP contribution in [-0.2, 0) is 10.0 Å². The fourth-order valence-electron chi connectivity index (χ4n) is 3.59. The Morgan fingerprint density at radius 2 is 1.74 bits per heavy atom. The second-order valence-corrected chi connectivity index (χ2v) is 9.60. The predicted octanol–water partition coefficient (Wildman–Crippen LogP) is 2.26. The molecule has 2 aliphatic heterocycles. The van der Waals surface area contributed by atoms with E-state index in [-0.39, 0.29) is 29.3 Å². The third kappa shape index (κ3) is 5.22. The van der Waals surface area contributed by atoms with Gasteiger partial charge in [0.05, 0.1) is 4.90 Å². The van der Waals surface area contributed by atoms with Gasteiger partial charge in [-0.2, -0.15) is 4.31 Å². The number of carbonyl (C=O) groups excluding carboxylic acids is 1. The van der Waals surface area contributed by atoms with Crippen LogP contribution in [0.1, 0.15) is 43.5 Å². The molecular formula is C19H30ClN3O3S. The maximum Gasteiger partial charge on any atom is 0.251 e. The molecule has 2 aliphatic rings. The lowest BCUT2D eigenvalue weighted by atomic mass is 9.94. The van der Waals surface area contributed by atoms with Crippen molar-refractivity contribution < 1.29 is 13.2 Å². The second kappa shape index (κ2) is 9.37. The highest BCUT2D eigenvalue weighted by Crippen LogP contribution is 2.23. The van der Waals surface area contributed by atoms with Gasteiger partial charge in [-0.25, -0.2) is 8.42 Å². The van der Waals surface area contributed by atoms with Crippen LogP contribution in [-0.4, -0.2) is 50.9 Å². The van der Waals surface area contributed by atoms with E-state index in [0.717, 1.165) is 32.4 Å². The molecule has 0 radical (unpaired) electrons. The molecule has 1 aromatic rings. The van der Waals surface area contributed by atoms with Gasteiger partial charge in [-0.1, -0.05) is 13.8 Å². The first kappa shape index (κ1) is 22.1. The highest BCUT2D eigenvalue weighted by atomic mass is 35.5. The zero-order valence-corrected chi connectivity index (χ0v) is 17.6. The van der Waals surface area contributed by atoms with E-state index in [1.54, 1.807) is 28.6 Å². The number of halogens is 1. The van der Waals surface area contributed by atoms with Crippen LogP contribution >= 0.6 is 12.4 Å². The number of nitrogens with zero attached hydrogens (tertiary/aromatic N) is 1. The summed E-state index contributed by atoms with van der Waals surface area (Å²) in [6.07, 6.45) is 2.83. The molecule has 0 aliphatic carbocycles. The number of hydrogen-bond acceptors (Lipinski definition) is 4. The van der Waals surface area contributed by atoms with Gasteiger partial charge >= 0.3 is 0 Å². The molecule has 6 nitrogen and oxygen atoms in total. The average molecular weight is 416 g/mol. The van der Waals surface area contributed by atoms with Crippen LogP contribution in [0.4, 0.5) is 0 Å². The predicted molar refractivity (Wildman–Crippen MR) is 109 cm³/mol. The first-order valence-corrected chi connectivity index (χ1v) is 10.9.